The van der Waals surface area contributed by atoms with Crippen molar-refractivity contribution in [3.8, 4) is 23.7 Å². The van der Waals surface area contributed by atoms with E-state index in [1.54, 1.807) is 6.92 Å². The second-order valence-corrected chi connectivity index (χ2v) is 6.03. The largest absolute Gasteiger partial charge is 0.460 e. The molecule has 3 heteroatoms. The van der Waals surface area contributed by atoms with Crippen LogP contribution in [-0.2, 0) is 9.53 Å². The van der Waals surface area contributed by atoms with Crippen molar-refractivity contribution in [2.45, 2.75) is 70.5 Å². The molecule has 1 fully saturated rings. The number of esters is 1. The zero-order valence-electron chi connectivity index (χ0n) is 14.6. The molecule has 0 amide bonds. The van der Waals surface area contributed by atoms with Crippen molar-refractivity contribution in [3.63, 3.8) is 0 Å². The molecule has 3 nitrogen and oxygen atoms in total. The third-order valence-electron chi connectivity index (χ3n) is 4.03. The Hall–Kier alpha value is -1.97. The number of hydrogen-bond acceptors (Lipinski definition) is 3. The molecular weight excluding hydrogens is 300 g/mol. The van der Waals surface area contributed by atoms with Crippen molar-refractivity contribution >= 4 is 5.97 Å². The normalized spacial score (nSPS) is 22.4. The number of carbonyl (C=O) groups is 1. The Labute approximate surface area is 146 Å². The highest BCUT2D eigenvalue weighted by molar-refractivity contribution is 5.75. The van der Waals surface area contributed by atoms with Gasteiger partial charge in [0.15, 0.2) is 0 Å². The molecule has 0 bridgehead atoms. The van der Waals surface area contributed by atoms with Gasteiger partial charge < -0.3 is 9.84 Å². The van der Waals surface area contributed by atoms with Crippen LogP contribution in [0.3, 0.4) is 0 Å². The van der Waals surface area contributed by atoms with Gasteiger partial charge in [-0.05, 0) is 50.5 Å². The van der Waals surface area contributed by atoms with Gasteiger partial charge in [-0.15, -0.1) is 6.58 Å². The topological polar surface area (TPSA) is 46.5 Å². The summed E-state index contributed by atoms with van der Waals surface area (Å²) in [6.07, 6.45) is 12.3. The van der Waals surface area contributed by atoms with Gasteiger partial charge in [0.1, 0.15) is 12.2 Å². The third kappa shape index (κ3) is 8.04. The summed E-state index contributed by atoms with van der Waals surface area (Å²) in [5.41, 5.74) is 0. The Balaban J connectivity index is 2.02. The second-order valence-electron chi connectivity index (χ2n) is 6.03. The van der Waals surface area contributed by atoms with Gasteiger partial charge in [0.2, 0.25) is 0 Å². The second kappa shape index (κ2) is 12.5. The molecule has 0 aromatic carbocycles. The van der Waals surface area contributed by atoms with Crippen LogP contribution >= 0.6 is 0 Å². The van der Waals surface area contributed by atoms with Crippen molar-refractivity contribution < 1.29 is 14.6 Å². The quantitative estimate of drug-likeness (QED) is 0.303. The van der Waals surface area contributed by atoms with Crippen LogP contribution in [-0.4, -0.2) is 23.3 Å². The SMILES string of the molecule is C=CCC/C=C/C#CC#CCCCCCC[C@@H]1C(=O)O[C@H](C)[C@@H]1O. The summed E-state index contributed by atoms with van der Waals surface area (Å²) in [7, 11) is 0. The molecule has 0 radical (unpaired) electrons. The van der Waals surface area contributed by atoms with Gasteiger partial charge >= 0.3 is 5.97 Å². The number of ether oxygens (including phenoxy) is 1. The van der Waals surface area contributed by atoms with Crippen LogP contribution in [0.1, 0.15) is 58.3 Å². The van der Waals surface area contributed by atoms with E-state index < -0.39 is 6.10 Å². The van der Waals surface area contributed by atoms with E-state index in [4.69, 9.17) is 4.74 Å². The van der Waals surface area contributed by atoms with Crippen molar-refractivity contribution in [1.82, 2.24) is 0 Å². The highest BCUT2D eigenvalue weighted by Crippen LogP contribution is 2.26. The van der Waals surface area contributed by atoms with E-state index in [0.29, 0.717) is 6.42 Å². The zero-order chi connectivity index (χ0) is 17.6. The lowest BCUT2D eigenvalue weighted by molar-refractivity contribution is -0.143. The predicted molar refractivity (Wildman–Crippen MR) is 96.9 cm³/mol. The molecule has 0 aromatic rings. The van der Waals surface area contributed by atoms with Crippen molar-refractivity contribution in [3.05, 3.63) is 24.8 Å². The summed E-state index contributed by atoms with van der Waals surface area (Å²) in [6.45, 7) is 5.40. The first-order chi connectivity index (χ1) is 11.7. The van der Waals surface area contributed by atoms with Crippen LogP contribution in [0.4, 0.5) is 0 Å². The van der Waals surface area contributed by atoms with E-state index in [9.17, 15) is 9.90 Å². The van der Waals surface area contributed by atoms with Crippen molar-refractivity contribution in [2.75, 3.05) is 0 Å². The average Bonchev–Trinajstić information content (AvgIpc) is 2.81. The van der Waals surface area contributed by atoms with Crippen molar-refractivity contribution in [1.29, 1.82) is 0 Å². The highest BCUT2D eigenvalue weighted by Gasteiger charge is 2.40. The minimum atomic E-state index is -0.646. The van der Waals surface area contributed by atoms with Gasteiger partial charge in [-0.2, -0.15) is 0 Å². The fourth-order valence-electron chi connectivity index (χ4n) is 2.57. The molecule has 0 saturated carbocycles. The van der Waals surface area contributed by atoms with Crippen LogP contribution < -0.4 is 0 Å². The summed E-state index contributed by atoms with van der Waals surface area (Å²) in [6, 6.07) is 0. The van der Waals surface area contributed by atoms with Crippen LogP contribution in [0.25, 0.3) is 0 Å². The first-order valence-corrected chi connectivity index (χ1v) is 8.79. The monoisotopic (exact) mass is 328 g/mol. The van der Waals surface area contributed by atoms with Crippen LogP contribution in [0.15, 0.2) is 24.8 Å². The summed E-state index contributed by atoms with van der Waals surface area (Å²) >= 11 is 0. The molecule has 0 aromatic heterocycles. The highest BCUT2D eigenvalue weighted by atomic mass is 16.6. The van der Waals surface area contributed by atoms with Crippen LogP contribution in [0.5, 0.6) is 0 Å². The number of carbonyl (C=O) groups excluding carboxylic acids is 1. The Kier molecular flexibility index (Phi) is 10.4. The van der Waals surface area contributed by atoms with E-state index in [1.165, 1.54) is 0 Å². The molecule has 1 aliphatic rings. The van der Waals surface area contributed by atoms with Crippen LogP contribution in [0.2, 0.25) is 0 Å². The number of unbranched alkanes of at least 4 members (excludes halogenated alkanes) is 5. The molecule has 1 aliphatic heterocycles. The number of aliphatic hydroxyl groups is 1. The van der Waals surface area contributed by atoms with Gasteiger partial charge in [-0.25, -0.2) is 0 Å². The van der Waals surface area contributed by atoms with Crippen LogP contribution in [0, 0.1) is 29.6 Å². The maximum Gasteiger partial charge on any atom is 0.312 e. The van der Waals surface area contributed by atoms with E-state index in [1.807, 2.05) is 18.2 Å². The minimum Gasteiger partial charge on any atom is -0.460 e. The Morgan fingerprint density at radius 3 is 2.71 bits per heavy atom. The Morgan fingerprint density at radius 1 is 1.21 bits per heavy atom. The summed E-state index contributed by atoms with van der Waals surface area (Å²) in [4.78, 5) is 11.5. The molecule has 1 heterocycles. The van der Waals surface area contributed by atoms with Gasteiger partial charge in [-0.3, -0.25) is 4.79 Å². The van der Waals surface area contributed by atoms with Gasteiger partial charge in [-0.1, -0.05) is 43.3 Å². The number of hydrogen-bond donors (Lipinski definition) is 1. The molecule has 0 spiro atoms. The van der Waals surface area contributed by atoms with E-state index in [2.05, 4.69) is 30.3 Å². The zero-order valence-corrected chi connectivity index (χ0v) is 14.6. The standard InChI is InChI=1S/C21H28O3/c1-3-4-5-6-7-8-9-10-11-12-13-14-15-16-17-19-20(22)18(2)24-21(19)23/h3,6-7,18-20,22H,1,4-5,12-17H2,2H3/b7-6+/t18-,19+,20+/m1/s1. The number of aliphatic hydroxyl groups excluding tert-OH is 1. The lowest BCUT2D eigenvalue weighted by atomic mass is 9.95. The molecule has 0 aliphatic carbocycles. The molecule has 1 N–H and O–H groups in total. The van der Waals surface area contributed by atoms with Gasteiger partial charge in [0.25, 0.3) is 0 Å². The maximum absolute atomic E-state index is 11.5. The lowest BCUT2D eigenvalue weighted by Crippen LogP contribution is -2.24. The minimum absolute atomic E-state index is 0.252. The number of cyclic esters (lactones) is 1. The van der Waals surface area contributed by atoms with E-state index >= 15 is 0 Å². The lowest BCUT2D eigenvalue weighted by Gasteiger charge is -2.11. The average molecular weight is 328 g/mol. The summed E-state index contributed by atoms with van der Waals surface area (Å²) < 4.78 is 5.03. The fraction of sp³-hybridized carbons (Fsp3) is 0.571. The van der Waals surface area contributed by atoms with Gasteiger partial charge in [0, 0.05) is 6.42 Å². The summed E-state index contributed by atoms with van der Waals surface area (Å²) in [5, 5.41) is 9.85. The number of rotatable bonds is 9. The maximum atomic E-state index is 11.5. The van der Waals surface area contributed by atoms with E-state index in [0.717, 1.165) is 44.9 Å². The smallest absolute Gasteiger partial charge is 0.312 e. The number of allylic oxidation sites excluding steroid dienone is 3. The molecular formula is C21H28O3. The molecule has 1 rings (SSSR count). The van der Waals surface area contributed by atoms with Crippen molar-refractivity contribution in [2.24, 2.45) is 5.92 Å². The van der Waals surface area contributed by atoms with E-state index in [-0.39, 0.29) is 18.0 Å². The molecule has 3 atom stereocenters. The first-order valence-electron chi connectivity index (χ1n) is 8.79. The predicted octanol–water partition coefficient (Wildman–Crippen LogP) is 3.78. The molecule has 0 unspecified atom stereocenters. The van der Waals surface area contributed by atoms with Gasteiger partial charge in [0.05, 0.1) is 5.92 Å². The Morgan fingerprint density at radius 2 is 2.00 bits per heavy atom. The first kappa shape index (κ1) is 20.1. The fourth-order valence-corrected chi connectivity index (χ4v) is 2.57. The molecule has 24 heavy (non-hydrogen) atoms. The Bertz CT molecular complexity index is 539. The molecule has 130 valence electrons. The molecule has 1 saturated heterocycles. The third-order valence-corrected chi connectivity index (χ3v) is 4.03. The summed E-state index contributed by atoms with van der Waals surface area (Å²) in [5.74, 6) is 11.0.